The molecule has 0 fully saturated rings. The number of halogens is 1. The molecular formula is C13H9BrN2O5. The van der Waals surface area contributed by atoms with E-state index in [1.54, 1.807) is 13.0 Å². The molecule has 108 valence electrons. The Balaban J connectivity index is 2.32. The Morgan fingerprint density at radius 3 is 2.67 bits per heavy atom. The van der Waals surface area contributed by atoms with Crippen LogP contribution in [0.1, 0.15) is 16.1 Å². The van der Waals surface area contributed by atoms with Crippen LogP contribution in [0.2, 0.25) is 0 Å². The first-order chi connectivity index (χ1) is 9.86. The number of nitrogens with zero attached hydrogens (tertiary/aromatic N) is 2. The molecular weight excluding hydrogens is 344 g/mol. The number of aryl methyl sites for hydroxylation is 1. The van der Waals surface area contributed by atoms with Crippen molar-refractivity contribution in [3.8, 4) is 11.6 Å². The molecule has 0 saturated carbocycles. The minimum atomic E-state index is -1.08. The predicted molar refractivity (Wildman–Crippen MR) is 76.8 cm³/mol. The third-order valence-corrected chi connectivity index (χ3v) is 3.04. The quantitative estimate of drug-likeness (QED) is 0.666. The number of aromatic carboxylic acids is 1. The van der Waals surface area contributed by atoms with Gasteiger partial charge in [0.25, 0.3) is 5.69 Å². The van der Waals surface area contributed by atoms with Gasteiger partial charge in [-0.3, -0.25) is 10.1 Å². The summed E-state index contributed by atoms with van der Waals surface area (Å²) in [5, 5.41) is 19.7. The zero-order valence-electron chi connectivity index (χ0n) is 10.7. The molecule has 0 aliphatic heterocycles. The highest BCUT2D eigenvalue weighted by Crippen LogP contribution is 2.29. The number of ether oxygens (including phenoxy) is 1. The van der Waals surface area contributed by atoms with E-state index in [2.05, 4.69) is 20.9 Å². The second kappa shape index (κ2) is 5.88. The summed E-state index contributed by atoms with van der Waals surface area (Å²) in [7, 11) is 0. The topological polar surface area (TPSA) is 103 Å². The van der Waals surface area contributed by atoms with Crippen LogP contribution >= 0.6 is 15.9 Å². The zero-order chi connectivity index (χ0) is 15.6. The van der Waals surface area contributed by atoms with Crippen molar-refractivity contribution in [1.82, 2.24) is 4.98 Å². The zero-order valence-corrected chi connectivity index (χ0v) is 12.3. The number of aromatic nitrogens is 1. The summed E-state index contributed by atoms with van der Waals surface area (Å²) in [6, 6.07) is 6.91. The van der Waals surface area contributed by atoms with Crippen molar-refractivity contribution < 1.29 is 19.6 Å². The molecule has 2 rings (SSSR count). The molecule has 0 radical (unpaired) electrons. The second-order valence-electron chi connectivity index (χ2n) is 4.09. The Morgan fingerprint density at radius 1 is 1.38 bits per heavy atom. The number of pyridine rings is 1. The molecule has 0 saturated heterocycles. The van der Waals surface area contributed by atoms with Gasteiger partial charge < -0.3 is 9.84 Å². The fraction of sp³-hybridized carbons (Fsp3) is 0.0769. The lowest BCUT2D eigenvalue weighted by molar-refractivity contribution is -0.385. The van der Waals surface area contributed by atoms with Gasteiger partial charge in [0, 0.05) is 16.6 Å². The van der Waals surface area contributed by atoms with Gasteiger partial charge in [0.1, 0.15) is 5.75 Å². The van der Waals surface area contributed by atoms with Crippen molar-refractivity contribution in [3.63, 3.8) is 0 Å². The van der Waals surface area contributed by atoms with E-state index in [9.17, 15) is 14.9 Å². The molecule has 1 heterocycles. The van der Waals surface area contributed by atoms with Crippen LogP contribution in [0, 0.1) is 17.0 Å². The molecule has 21 heavy (non-hydrogen) atoms. The van der Waals surface area contributed by atoms with E-state index in [0.717, 1.165) is 0 Å². The predicted octanol–water partition coefficient (Wildman–Crippen LogP) is 3.55. The molecule has 1 aromatic heterocycles. The minimum absolute atomic E-state index is 0.0718. The largest absolute Gasteiger partial charge is 0.478 e. The Kier molecular flexibility index (Phi) is 4.18. The molecule has 7 nitrogen and oxygen atoms in total. The maximum atomic E-state index is 10.9. The summed E-state index contributed by atoms with van der Waals surface area (Å²) in [5.41, 5.74) is 0.241. The van der Waals surface area contributed by atoms with Gasteiger partial charge in [-0.25, -0.2) is 9.78 Å². The van der Waals surface area contributed by atoms with Crippen LogP contribution in [0.25, 0.3) is 0 Å². The van der Waals surface area contributed by atoms with Crippen molar-refractivity contribution in [2.24, 2.45) is 0 Å². The van der Waals surface area contributed by atoms with Gasteiger partial charge in [-0.15, -0.1) is 0 Å². The van der Waals surface area contributed by atoms with Crippen LogP contribution in [0.3, 0.4) is 0 Å². The molecule has 0 bridgehead atoms. The van der Waals surface area contributed by atoms with Gasteiger partial charge in [0.05, 0.1) is 22.2 Å². The van der Waals surface area contributed by atoms with E-state index in [1.165, 1.54) is 24.3 Å². The van der Waals surface area contributed by atoms with Crippen molar-refractivity contribution in [3.05, 3.63) is 56.2 Å². The normalized spacial score (nSPS) is 10.2. The van der Waals surface area contributed by atoms with Crippen LogP contribution in [-0.4, -0.2) is 21.0 Å². The highest BCUT2D eigenvalue weighted by molar-refractivity contribution is 9.10. The Bertz CT molecular complexity index is 732. The maximum Gasteiger partial charge on any atom is 0.337 e. The minimum Gasteiger partial charge on any atom is -0.478 e. The fourth-order valence-electron chi connectivity index (χ4n) is 1.65. The van der Waals surface area contributed by atoms with Crippen molar-refractivity contribution >= 4 is 27.6 Å². The van der Waals surface area contributed by atoms with E-state index in [4.69, 9.17) is 9.84 Å². The summed E-state index contributed by atoms with van der Waals surface area (Å²) in [5.74, 6) is -0.694. The van der Waals surface area contributed by atoms with Crippen LogP contribution in [-0.2, 0) is 0 Å². The monoisotopic (exact) mass is 352 g/mol. The number of nitro groups is 1. The molecule has 0 aliphatic rings. The summed E-state index contributed by atoms with van der Waals surface area (Å²) in [4.78, 5) is 25.1. The molecule has 0 amide bonds. The number of carboxylic acids is 1. The second-order valence-corrected chi connectivity index (χ2v) is 5.01. The lowest BCUT2D eigenvalue weighted by Crippen LogP contribution is -2.02. The molecule has 0 spiro atoms. The number of carbonyl (C=O) groups is 1. The molecule has 8 heteroatoms. The van der Waals surface area contributed by atoms with Gasteiger partial charge in [0.2, 0.25) is 5.88 Å². The lowest BCUT2D eigenvalue weighted by Gasteiger charge is -2.07. The van der Waals surface area contributed by atoms with Crippen molar-refractivity contribution in [2.45, 2.75) is 6.92 Å². The van der Waals surface area contributed by atoms with Gasteiger partial charge in [-0.2, -0.15) is 0 Å². The van der Waals surface area contributed by atoms with Crippen LogP contribution < -0.4 is 4.74 Å². The SMILES string of the molecule is Cc1nc(Oc2cc(Br)cc([N+](=O)[O-])c2)ccc1C(=O)O. The standard InChI is InChI=1S/C13H9BrN2O5/c1-7-11(13(17)18)2-3-12(15-7)21-10-5-8(14)4-9(6-10)16(19)20/h2-6H,1H3,(H,17,18). The first-order valence-corrected chi connectivity index (χ1v) is 6.50. The summed E-state index contributed by atoms with van der Waals surface area (Å²) < 4.78 is 5.92. The molecule has 1 N–H and O–H groups in total. The van der Waals surface area contributed by atoms with E-state index in [0.29, 0.717) is 10.2 Å². The van der Waals surface area contributed by atoms with E-state index in [-0.39, 0.29) is 22.9 Å². The van der Waals surface area contributed by atoms with Crippen LogP contribution in [0.4, 0.5) is 5.69 Å². The van der Waals surface area contributed by atoms with Gasteiger partial charge >= 0.3 is 5.97 Å². The summed E-state index contributed by atoms with van der Waals surface area (Å²) in [6.07, 6.45) is 0. The third kappa shape index (κ3) is 3.54. The lowest BCUT2D eigenvalue weighted by atomic mass is 10.2. The Labute approximate surface area is 127 Å². The Hall–Kier alpha value is -2.48. The molecule has 0 aliphatic carbocycles. The number of carboxylic acid groups (broad SMARTS) is 1. The highest BCUT2D eigenvalue weighted by atomic mass is 79.9. The maximum absolute atomic E-state index is 10.9. The van der Waals surface area contributed by atoms with Crippen LogP contribution in [0.5, 0.6) is 11.6 Å². The van der Waals surface area contributed by atoms with Gasteiger partial charge in [0.15, 0.2) is 0 Å². The number of hydrogen-bond donors (Lipinski definition) is 1. The molecule has 0 unspecified atom stereocenters. The van der Waals surface area contributed by atoms with E-state index in [1.807, 2.05) is 0 Å². The summed E-state index contributed by atoms with van der Waals surface area (Å²) >= 11 is 3.16. The fourth-order valence-corrected chi connectivity index (χ4v) is 2.11. The Morgan fingerprint density at radius 2 is 2.10 bits per heavy atom. The number of benzene rings is 1. The van der Waals surface area contributed by atoms with Crippen LogP contribution in [0.15, 0.2) is 34.8 Å². The first-order valence-electron chi connectivity index (χ1n) is 5.70. The number of non-ortho nitro benzene ring substituents is 1. The van der Waals surface area contributed by atoms with Crippen molar-refractivity contribution in [1.29, 1.82) is 0 Å². The highest BCUT2D eigenvalue weighted by Gasteiger charge is 2.12. The average Bonchev–Trinajstić information content (AvgIpc) is 2.37. The van der Waals surface area contributed by atoms with Gasteiger partial charge in [-0.05, 0) is 19.1 Å². The smallest absolute Gasteiger partial charge is 0.337 e. The molecule has 1 aromatic carbocycles. The first kappa shape index (κ1) is 14.9. The van der Waals surface area contributed by atoms with E-state index < -0.39 is 10.9 Å². The average molecular weight is 353 g/mol. The van der Waals surface area contributed by atoms with Crippen molar-refractivity contribution in [2.75, 3.05) is 0 Å². The number of nitro benzene ring substituents is 1. The molecule has 2 aromatic rings. The summed E-state index contributed by atoms with van der Waals surface area (Å²) in [6.45, 7) is 1.54. The van der Waals surface area contributed by atoms with E-state index >= 15 is 0 Å². The number of rotatable bonds is 4. The number of hydrogen-bond acceptors (Lipinski definition) is 5. The molecule has 0 atom stereocenters. The van der Waals surface area contributed by atoms with Gasteiger partial charge in [-0.1, -0.05) is 15.9 Å². The third-order valence-electron chi connectivity index (χ3n) is 2.58.